The monoisotopic (exact) mass is 409 g/mol. The van der Waals surface area contributed by atoms with Gasteiger partial charge in [0, 0.05) is 30.3 Å². The van der Waals surface area contributed by atoms with Crippen LogP contribution in [-0.2, 0) is 14.8 Å². The number of amides is 1. The summed E-state index contributed by atoms with van der Waals surface area (Å²) in [6.07, 6.45) is 1.21. The van der Waals surface area contributed by atoms with Crippen LogP contribution in [0.2, 0.25) is 5.02 Å². The van der Waals surface area contributed by atoms with Gasteiger partial charge in [0.1, 0.15) is 0 Å². The Kier molecular flexibility index (Phi) is 5.07. The number of carbonyl (C=O) groups excluding carboxylic acids is 1. The van der Waals surface area contributed by atoms with E-state index in [2.05, 4.69) is 4.72 Å². The Morgan fingerprint density at radius 1 is 1.26 bits per heavy atom. The van der Waals surface area contributed by atoms with E-state index in [0.29, 0.717) is 18.7 Å². The lowest BCUT2D eigenvalue weighted by molar-refractivity contribution is -0.385. The van der Waals surface area contributed by atoms with Crippen molar-refractivity contribution in [1.29, 1.82) is 0 Å². The van der Waals surface area contributed by atoms with Crippen molar-refractivity contribution in [2.75, 3.05) is 16.2 Å². The van der Waals surface area contributed by atoms with Crippen molar-refractivity contribution in [3.05, 3.63) is 57.1 Å². The standard InChI is InChI=1S/C17H16ClN3O5S/c1-11-15(18)9-14(10-16(11)21(23)24)27(25,26)19-12-4-2-5-13(8-12)20-7-3-6-17(20)22/h2,4-5,8-10,19H,3,6-7H2,1H3. The van der Waals surface area contributed by atoms with Gasteiger partial charge in [-0.3, -0.25) is 19.6 Å². The number of hydrogen-bond acceptors (Lipinski definition) is 5. The SMILES string of the molecule is Cc1c(Cl)cc(S(=O)(=O)Nc2cccc(N3CCCC3=O)c2)cc1[N+](=O)[O-]. The van der Waals surface area contributed by atoms with Crippen LogP contribution in [0.1, 0.15) is 18.4 Å². The van der Waals surface area contributed by atoms with Crippen molar-refractivity contribution in [1.82, 2.24) is 0 Å². The number of nitrogens with one attached hydrogen (secondary N) is 1. The molecule has 0 aromatic heterocycles. The van der Waals surface area contributed by atoms with Crippen LogP contribution in [0.4, 0.5) is 17.1 Å². The van der Waals surface area contributed by atoms with Crippen molar-refractivity contribution in [2.45, 2.75) is 24.7 Å². The molecule has 0 bridgehead atoms. The summed E-state index contributed by atoms with van der Waals surface area (Å²) in [5.74, 6) is -0.0176. The quantitative estimate of drug-likeness (QED) is 0.600. The molecule has 2 aromatic rings. The smallest absolute Gasteiger partial charge is 0.275 e. The minimum atomic E-state index is -4.10. The molecular weight excluding hydrogens is 394 g/mol. The summed E-state index contributed by atoms with van der Waals surface area (Å²) >= 11 is 5.96. The van der Waals surface area contributed by atoms with Gasteiger partial charge < -0.3 is 4.90 Å². The largest absolute Gasteiger partial charge is 0.312 e. The molecule has 8 nitrogen and oxygen atoms in total. The van der Waals surface area contributed by atoms with Crippen LogP contribution in [0.25, 0.3) is 0 Å². The molecule has 1 aliphatic heterocycles. The van der Waals surface area contributed by atoms with E-state index in [0.717, 1.165) is 12.5 Å². The van der Waals surface area contributed by atoms with Gasteiger partial charge in [-0.1, -0.05) is 17.7 Å². The molecule has 1 N–H and O–H groups in total. The third-order valence-electron chi connectivity index (χ3n) is 4.28. The van der Waals surface area contributed by atoms with E-state index in [9.17, 15) is 23.3 Å². The van der Waals surface area contributed by atoms with E-state index < -0.39 is 14.9 Å². The topological polar surface area (TPSA) is 110 Å². The molecule has 0 spiro atoms. The van der Waals surface area contributed by atoms with E-state index in [1.54, 1.807) is 23.1 Å². The van der Waals surface area contributed by atoms with E-state index in [1.165, 1.54) is 19.1 Å². The maximum absolute atomic E-state index is 12.7. The third-order valence-corrected chi connectivity index (χ3v) is 6.03. The second-order valence-electron chi connectivity index (χ2n) is 6.11. The average Bonchev–Trinajstić information content (AvgIpc) is 3.02. The zero-order chi connectivity index (χ0) is 19.8. The number of hydrogen-bond donors (Lipinski definition) is 1. The molecule has 1 amide bonds. The molecule has 2 aromatic carbocycles. The molecule has 0 saturated carbocycles. The Balaban J connectivity index is 1.94. The van der Waals surface area contributed by atoms with E-state index in [1.807, 2.05) is 0 Å². The number of halogens is 1. The van der Waals surface area contributed by atoms with Crippen molar-refractivity contribution >= 4 is 44.6 Å². The summed E-state index contributed by atoms with van der Waals surface area (Å²) in [6.45, 7) is 2.02. The Morgan fingerprint density at radius 2 is 2.00 bits per heavy atom. The fourth-order valence-electron chi connectivity index (χ4n) is 2.86. The number of carbonyl (C=O) groups is 1. The van der Waals surface area contributed by atoms with Crippen molar-refractivity contribution in [2.24, 2.45) is 0 Å². The van der Waals surface area contributed by atoms with Gasteiger partial charge in [-0.25, -0.2) is 8.42 Å². The zero-order valence-corrected chi connectivity index (χ0v) is 15.9. The molecule has 1 heterocycles. The lowest BCUT2D eigenvalue weighted by atomic mass is 10.2. The molecule has 10 heteroatoms. The maximum Gasteiger partial charge on any atom is 0.275 e. The van der Waals surface area contributed by atoms with Gasteiger partial charge in [-0.05, 0) is 37.6 Å². The van der Waals surface area contributed by atoms with Crippen LogP contribution in [0.3, 0.4) is 0 Å². The van der Waals surface area contributed by atoms with Crippen molar-refractivity contribution < 1.29 is 18.1 Å². The van der Waals surface area contributed by atoms with Crippen LogP contribution in [0.5, 0.6) is 0 Å². The molecule has 27 heavy (non-hydrogen) atoms. The number of nitrogens with zero attached hydrogens (tertiary/aromatic N) is 2. The first kappa shape index (κ1) is 19.1. The van der Waals surface area contributed by atoms with Gasteiger partial charge in [0.2, 0.25) is 5.91 Å². The lowest BCUT2D eigenvalue weighted by Gasteiger charge is -2.17. The molecule has 3 rings (SSSR count). The summed E-state index contributed by atoms with van der Waals surface area (Å²) in [5, 5.41) is 11.1. The molecular formula is C17H16ClN3O5S. The summed E-state index contributed by atoms with van der Waals surface area (Å²) < 4.78 is 27.7. The van der Waals surface area contributed by atoms with Crippen LogP contribution in [-0.4, -0.2) is 25.8 Å². The highest BCUT2D eigenvalue weighted by molar-refractivity contribution is 7.92. The Bertz CT molecular complexity index is 1040. The second kappa shape index (κ2) is 7.16. The summed E-state index contributed by atoms with van der Waals surface area (Å²) in [5.41, 5.74) is 0.645. The van der Waals surface area contributed by atoms with Crippen molar-refractivity contribution in [3.8, 4) is 0 Å². The number of benzene rings is 2. The molecule has 0 unspecified atom stereocenters. The van der Waals surface area contributed by atoms with E-state index >= 15 is 0 Å². The highest BCUT2D eigenvalue weighted by Crippen LogP contribution is 2.31. The average molecular weight is 410 g/mol. The molecule has 142 valence electrons. The fraction of sp³-hybridized carbons (Fsp3) is 0.235. The minimum Gasteiger partial charge on any atom is -0.312 e. The third kappa shape index (κ3) is 3.88. The first-order chi connectivity index (χ1) is 12.7. The van der Waals surface area contributed by atoms with E-state index in [4.69, 9.17) is 11.6 Å². The van der Waals surface area contributed by atoms with Gasteiger partial charge in [0.25, 0.3) is 15.7 Å². The van der Waals surface area contributed by atoms with E-state index in [-0.39, 0.29) is 32.8 Å². The van der Waals surface area contributed by atoms with Crippen LogP contribution < -0.4 is 9.62 Å². The normalized spacial score (nSPS) is 14.4. The summed E-state index contributed by atoms with van der Waals surface area (Å²) in [6, 6.07) is 8.56. The molecule has 0 aliphatic carbocycles. The Labute approximate surface area is 160 Å². The predicted molar refractivity (Wildman–Crippen MR) is 102 cm³/mol. The number of anilines is 2. The molecule has 0 atom stereocenters. The number of nitro groups is 1. The van der Waals surface area contributed by atoms with Gasteiger partial charge in [0.15, 0.2) is 0 Å². The first-order valence-corrected chi connectivity index (χ1v) is 9.93. The first-order valence-electron chi connectivity index (χ1n) is 8.07. The predicted octanol–water partition coefficient (Wildman–Crippen LogP) is 3.48. The molecule has 1 aliphatic rings. The van der Waals surface area contributed by atoms with Crippen molar-refractivity contribution in [3.63, 3.8) is 0 Å². The Morgan fingerprint density at radius 3 is 2.63 bits per heavy atom. The zero-order valence-electron chi connectivity index (χ0n) is 14.3. The lowest BCUT2D eigenvalue weighted by Crippen LogP contribution is -2.23. The highest BCUT2D eigenvalue weighted by atomic mass is 35.5. The van der Waals surface area contributed by atoms with Gasteiger partial charge in [-0.2, -0.15) is 0 Å². The molecule has 1 fully saturated rings. The number of rotatable bonds is 5. The number of nitro benzene ring substituents is 1. The fourth-order valence-corrected chi connectivity index (χ4v) is 4.23. The number of sulfonamides is 1. The second-order valence-corrected chi connectivity index (χ2v) is 8.20. The maximum atomic E-state index is 12.7. The van der Waals surface area contributed by atoms with Gasteiger partial charge in [-0.15, -0.1) is 0 Å². The Hall–Kier alpha value is -2.65. The molecule has 1 saturated heterocycles. The summed E-state index contributed by atoms with van der Waals surface area (Å²) in [7, 11) is -4.10. The van der Waals surface area contributed by atoms with Crippen LogP contribution in [0, 0.1) is 17.0 Å². The van der Waals surface area contributed by atoms with Crippen LogP contribution in [0.15, 0.2) is 41.3 Å². The molecule has 0 radical (unpaired) electrons. The summed E-state index contributed by atoms with van der Waals surface area (Å²) in [4.78, 5) is 23.6. The van der Waals surface area contributed by atoms with Crippen LogP contribution >= 0.6 is 11.6 Å². The highest BCUT2D eigenvalue weighted by Gasteiger charge is 2.24. The van der Waals surface area contributed by atoms with Gasteiger partial charge in [0.05, 0.1) is 20.5 Å². The minimum absolute atomic E-state index is 0.0130. The van der Waals surface area contributed by atoms with Gasteiger partial charge >= 0.3 is 0 Å².